The molecule has 2 N–H and O–H groups in total. The Morgan fingerprint density at radius 3 is 2.80 bits per heavy atom. The molecule has 1 saturated heterocycles. The zero-order chi connectivity index (χ0) is 24.4. The first-order chi connectivity index (χ1) is 16.9. The van der Waals surface area contributed by atoms with Crippen molar-refractivity contribution in [2.24, 2.45) is 0 Å². The number of aromatic nitrogens is 5. The Labute approximate surface area is 205 Å². The highest BCUT2D eigenvalue weighted by Gasteiger charge is 2.28. The molecule has 2 aliphatic rings. The number of fused-ring (bicyclic) bond motifs is 1. The summed E-state index contributed by atoms with van der Waals surface area (Å²) >= 11 is 1.24. The molecule has 0 aliphatic carbocycles. The standard InChI is InChI=1S/C20H24FN9O3S2/c21-15-10-14(35(32,33)27-16-2-1-5-30-17(16)3-4-24-30)11-22-19(15)29-8-6-28(7-9-29)12-18(31)25-20-26-23-13-34-20/h3-4,10-11,13,16,27H,1-2,5-9,12H2,(H,25,26,31). The van der Waals surface area contributed by atoms with Crippen LogP contribution >= 0.6 is 11.3 Å². The fraction of sp³-hybridized carbons (Fsp3) is 0.450. The summed E-state index contributed by atoms with van der Waals surface area (Å²) < 4.78 is 45.2. The molecule has 5 rings (SSSR count). The van der Waals surface area contributed by atoms with Gasteiger partial charge in [-0.1, -0.05) is 11.3 Å². The van der Waals surface area contributed by atoms with Crippen molar-refractivity contribution >= 4 is 38.2 Å². The molecule has 12 nitrogen and oxygen atoms in total. The quantitative estimate of drug-likeness (QED) is 0.463. The van der Waals surface area contributed by atoms with Crippen LogP contribution in [-0.2, 0) is 21.4 Å². The highest BCUT2D eigenvalue weighted by molar-refractivity contribution is 7.89. The summed E-state index contributed by atoms with van der Waals surface area (Å²) in [7, 11) is -3.97. The van der Waals surface area contributed by atoms with E-state index in [-0.39, 0.29) is 23.2 Å². The molecule has 2 aliphatic heterocycles. The number of sulfonamides is 1. The van der Waals surface area contributed by atoms with Crippen molar-refractivity contribution in [2.45, 2.75) is 30.3 Å². The van der Waals surface area contributed by atoms with Crippen molar-refractivity contribution in [2.75, 3.05) is 42.9 Å². The van der Waals surface area contributed by atoms with Gasteiger partial charge in [-0.05, 0) is 25.0 Å². The number of nitrogens with zero attached hydrogens (tertiary/aromatic N) is 7. The van der Waals surface area contributed by atoms with E-state index < -0.39 is 21.9 Å². The van der Waals surface area contributed by atoms with E-state index >= 15 is 0 Å². The van der Waals surface area contributed by atoms with Gasteiger partial charge in [-0.15, -0.1) is 10.2 Å². The smallest absolute Gasteiger partial charge is 0.242 e. The van der Waals surface area contributed by atoms with Crippen LogP contribution < -0.4 is 14.9 Å². The molecule has 0 saturated carbocycles. The molecule has 1 unspecified atom stereocenters. The normalized spacial score (nSPS) is 18.9. The Balaban J connectivity index is 1.19. The number of nitrogens with one attached hydrogen (secondary N) is 2. The van der Waals surface area contributed by atoms with Crippen molar-refractivity contribution in [1.82, 2.24) is 34.6 Å². The minimum Gasteiger partial charge on any atom is -0.352 e. The first kappa shape index (κ1) is 23.7. The molecule has 3 aromatic rings. The molecule has 35 heavy (non-hydrogen) atoms. The lowest BCUT2D eigenvalue weighted by Gasteiger charge is -2.35. The Kier molecular flexibility index (Phi) is 6.73. The van der Waals surface area contributed by atoms with Crippen molar-refractivity contribution in [3.8, 4) is 0 Å². The second-order valence-electron chi connectivity index (χ2n) is 8.33. The van der Waals surface area contributed by atoms with Gasteiger partial charge in [0.15, 0.2) is 11.6 Å². The van der Waals surface area contributed by atoms with Crippen LogP contribution in [0.4, 0.5) is 15.3 Å². The summed E-state index contributed by atoms with van der Waals surface area (Å²) in [6, 6.07) is 2.37. The summed E-state index contributed by atoms with van der Waals surface area (Å²) in [6.45, 7) is 2.89. The number of pyridine rings is 1. The summed E-state index contributed by atoms with van der Waals surface area (Å²) in [5, 5.41) is 14.8. The number of carbonyl (C=O) groups excluding carboxylic acids is 1. The predicted molar refractivity (Wildman–Crippen MR) is 126 cm³/mol. The van der Waals surface area contributed by atoms with Gasteiger partial charge in [-0.25, -0.2) is 22.5 Å². The van der Waals surface area contributed by atoms with Crippen molar-refractivity contribution in [3.05, 3.63) is 41.5 Å². The fourth-order valence-corrected chi connectivity index (χ4v) is 5.95. The maximum Gasteiger partial charge on any atom is 0.242 e. The van der Waals surface area contributed by atoms with E-state index in [4.69, 9.17) is 0 Å². The third-order valence-electron chi connectivity index (χ3n) is 6.02. The Hall–Kier alpha value is -3.01. The van der Waals surface area contributed by atoms with E-state index in [0.29, 0.717) is 37.7 Å². The van der Waals surface area contributed by atoms with Crippen LogP contribution in [0.3, 0.4) is 0 Å². The summed E-state index contributed by atoms with van der Waals surface area (Å²) in [5.74, 6) is -0.802. The molecular weight excluding hydrogens is 497 g/mol. The Bertz CT molecular complexity index is 1290. The van der Waals surface area contributed by atoms with Crippen LogP contribution in [0.25, 0.3) is 0 Å². The third kappa shape index (κ3) is 5.32. The lowest BCUT2D eigenvalue weighted by molar-refractivity contribution is -0.117. The zero-order valence-corrected chi connectivity index (χ0v) is 20.3. The van der Waals surface area contributed by atoms with Crippen LogP contribution in [-0.4, -0.2) is 76.9 Å². The van der Waals surface area contributed by atoms with Gasteiger partial charge in [0.25, 0.3) is 0 Å². The molecule has 1 atom stereocenters. The molecule has 3 aromatic heterocycles. The summed E-state index contributed by atoms with van der Waals surface area (Å²) in [5.41, 5.74) is 2.33. The molecular formula is C20H24FN9O3S2. The largest absolute Gasteiger partial charge is 0.352 e. The van der Waals surface area contributed by atoms with Crippen molar-refractivity contribution < 1.29 is 17.6 Å². The number of carbonyl (C=O) groups is 1. The minimum atomic E-state index is -3.97. The van der Waals surface area contributed by atoms with Gasteiger partial charge in [0.1, 0.15) is 10.4 Å². The van der Waals surface area contributed by atoms with Crippen molar-refractivity contribution in [3.63, 3.8) is 0 Å². The lowest BCUT2D eigenvalue weighted by atomic mass is 10.1. The zero-order valence-electron chi connectivity index (χ0n) is 18.7. The van der Waals surface area contributed by atoms with Crippen LogP contribution in [0, 0.1) is 5.82 Å². The number of piperazine rings is 1. The van der Waals surface area contributed by atoms with E-state index in [1.54, 1.807) is 21.8 Å². The highest BCUT2D eigenvalue weighted by atomic mass is 32.2. The van der Waals surface area contributed by atoms with Gasteiger partial charge in [0.05, 0.1) is 18.3 Å². The van der Waals surface area contributed by atoms with Gasteiger partial charge in [-0.3, -0.25) is 19.7 Å². The fourth-order valence-electron chi connectivity index (χ4n) is 4.29. The summed E-state index contributed by atoms with van der Waals surface area (Å²) in [6.07, 6.45) is 4.26. The molecule has 0 radical (unpaired) electrons. The number of halogens is 1. The highest BCUT2D eigenvalue weighted by Crippen LogP contribution is 2.27. The van der Waals surface area contributed by atoms with E-state index in [0.717, 1.165) is 24.7 Å². The van der Waals surface area contributed by atoms with Crippen LogP contribution in [0.15, 0.2) is 34.9 Å². The molecule has 0 aromatic carbocycles. The molecule has 15 heteroatoms. The number of hydrogen-bond donors (Lipinski definition) is 2. The average Bonchev–Trinajstić information content (AvgIpc) is 3.52. The molecule has 5 heterocycles. The maximum absolute atomic E-state index is 15.0. The average molecular weight is 522 g/mol. The second-order valence-corrected chi connectivity index (χ2v) is 10.9. The second kappa shape index (κ2) is 9.93. The minimum absolute atomic E-state index is 0.0951. The third-order valence-corrected chi connectivity index (χ3v) is 8.06. The molecule has 0 spiro atoms. The summed E-state index contributed by atoms with van der Waals surface area (Å²) in [4.78, 5) is 19.8. The SMILES string of the molecule is O=C(CN1CCN(c2ncc(S(=O)(=O)NC3CCCn4nccc43)cc2F)CC1)Nc1nncs1. The van der Waals surface area contributed by atoms with E-state index in [2.05, 4.69) is 30.3 Å². The number of amides is 1. The first-order valence-electron chi connectivity index (χ1n) is 11.1. The van der Waals surface area contributed by atoms with E-state index in [1.165, 1.54) is 23.0 Å². The van der Waals surface area contributed by atoms with E-state index in [9.17, 15) is 17.6 Å². The van der Waals surface area contributed by atoms with Crippen LogP contribution in [0.5, 0.6) is 0 Å². The number of aryl methyl sites for hydroxylation is 1. The van der Waals surface area contributed by atoms with Gasteiger partial charge >= 0.3 is 0 Å². The van der Waals surface area contributed by atoms with Gasteiger partial charge in [0.2, 0.25) is 21.1 Å². The molecule has 1 fully saturated rings. The number of hydrogen-bond acceptors (Lipinski definition) is 10. The van der Waals surface area contributed by atoms with Gasteiger partial charge < -0.3 is 4.90 Å². The number of anilines is 2. The Morgan fingerprint density at radius 1 is 1.23 bits per heavy atom. The van der Waals surface area contributed by atoms with Crippen molar-refractivity contribution in [1.29, 1.82) is 0 Å². The molecule has 1 amide bonds. The monoisotopic (exact) mass is 521 g/mol. The van der Waals surface area contributed by atoms with Gasteiger partial charge in [0, 0.05) is 45.1 Å². The molecule has 186 valence electrons. The van der Waals surface area contributed by atoms with Gasteiger partial charge in [-0.2, -0.15) is 5.10 Å². The Morgan fingerprint density at radius 2 is 2.06 bits per heavy atom. The molecule has 0 bridgehead atoms. The lowest BCUT2D eigenvalue weighted by Crippen LogP contribution is -2.49. The first-order valence-corrected chi connectivity index (χ1v) is 13.5. The van der Waals surface area contributed by atoms with E-state index in [1.807, 2.05) is 4.90 Å². The topological polar surface area (TPSA) is 138 Å². The maximum atomic E-state index is 15.0. The number of rotatable bonds is 7. The predicted octanol–water partition coefficient (Wildman–Crippen LogP) is 0.843. The van der Waals surface area contributed by atoms with Crippen LogP contribution in [0.1, 0.15) is 24.6 Å². The van der Waals surface area contributed by atoms with Crippen LogP contribution in [0.2, 0.25) is 0 Å².